The highest BCUT2D eigenvalue weighted by Crippen LogP contribution is 2.24. The molecule has 8 heteroatoms. The molecule has 0 aliphatic carbocycles. The molecule has 1 heterocycles. The van der Waals surface area contributed by atoms with Crippen LogP contribution in [0.2, 0.25) is 0 Å². The Morgan fingerprint density at radius 1 is 1.38 bits per heavy atom. The van der Waals surface area contributed by atoms with Crippen LogP contribution >= 0.6 is 0 Å². The largest absolute Gasteiger partial charge is 0.573 e. The second-order valence-corrected chi connectivity index (χ2v) is 4.80. The summed E-state index contributed by atoms with van der Waals surface area (Å²) in [6, 6.07) is 4.99. The fourth-order valence-corrected chi connectivity index (χ4v) is 2.06. The number of rotatable bonds is 2. The molecule has 5 nitrogen and oxygen atoms in total. The minimum atomic E-state index is -4.72. The van der Waals surface area contributed by atoms with Crippen molar-refractivity contribution in [3.8, 4) is 5.75 Å². The first-order chi connectivity index (χ1) is 9.83. The smallest absolute Gasteiger partial charge is 0.406 e. The number of halogens is 3. The van der Waals surface area contributed by atoms with Crippen LogP contribution < -0.4 is 15.4 Å². The van der Waals surface area contributed by atoms with Gasteiger partial charge in [0, 0.05) is 31.4 Å². The molecule has 0 saturated carbocycles. The Labute approximate surface area is 120 Å². The molecule has 21 heavy (non-hydrogen) atoms. The number of urea groups is 1. The van der Waals surface area contributed by atoms with E-state index in [0.29, 0.717) is 25.3 Å². The highest BCUT2D eigenvalue weighted by atomic mass is 19.4. The van der Waals surface area contributed by atoms with Crippen molar-refractivity contribution < 1.29 is 22.7 Å². The van der Waals surface area contributed by atoms with Gasteiger partial charge < -0.3 is 20.3 Å². The van der Waals surface area contributed by atoms with Crippen LogP contribution in [0.15, 0.2) is 24.3 Å². The highest BCUT2D eigenvalue weighted by Gasteiger charge is 2.31. The van der Waals surface area contributed by atoms with Crippen molar-refractivity contribution in [1.82, 2.24) is 10.2 Å². The molecule has 0 aromatic heterocycles. The molecule has 0 unspecified atom stereocenters. The van der Waals surface area contributed by atoms with Crippen LogP contribution in [0.1, 0.15) is 6.92 Å². The van der Waals surface area contributed by atoms with Crippen molar-refractivity contribution in [2.75, 3.05) is 25.0 Å². The SMILES string of the molecule is C[C@@H]1CN(C(=O)Nc2ccc(OC(F)(F)F)cc2)CCN1. The third kappa shape index (κ3) is 4.82. The van der Waals surface area contributed by atoms with Gasteiger partial charge in [0.15, 0.2) is 0 Å². The maximum absolute atomic E-state index is 12.0. The molecule has 0 spiro atoms. The van der Waals surface area contributed by atoms with E-state index in [4.69, 9.17) is 0 Å². The van der Waals surface area contributed by atoms with Crippen molar-refractivity contribution in [2.24, 2.45) is 0 Å². The Morgan fingerprint density at radius 3 is 2.62 bits per heavy atom. The molecule has 116 valence electrons. The second-order valence-electron chi connectivity index (χ2n) is 4.80. The predicted octanol–water partition coefficient (Wildman–Crippen LogP) is 2.41. The molecule has 1 saturated heterocycles. The van der Waals surface area contributed by atoms with Crippen LogP contribution in [0.3, 0.4) is 0 Å². The van der Waals surface area contributed by atoms with Gasteiger partial charge in [0.2, 0.25) is 0 Å². The Kier molecular flexibility index (Phi) is 4.56. The van der Waals surface area contributed by atoms with Crippen LogP contribution in [0.5, 0.6) is 5.75 Å². The molecule has 0 bridgehead atoms. The van der Waals surface area contributed by atoms with Gasteiger partial charge in [-0.05, 0) is 31.2 Å². The quantitative estimate of drug-likeness (QED) is 0.882. The van der Waals surface area contributed by atoms with E-state index < -0.39 is 6.36 Å². The first-order valence-electron chi connectivity index (χ1n) is 6.48. The van der Waals surface area contributed by atoms with Crippen molar-refractivity contribution in [3.63, 3.8) is 0 Å². The summed E-state index contributed by atoms with van der Waals surface area (Å²) >= 11 is 0. The van der Waals surface area contributed by atoms with Crippen molar-refractivity contribution in [3.05, 3.63) is 24.3 Å². The van der Waals surface area contributed by atoms with E-state index in [9.17, 15) is 18.0 Å². The van der Waals surface area contributed by atoms with Gasteiger partial charge >= 0.3 is 12.4 Å². The standard InChI is InChI=1S/C13H16F3N3O2/c1-9-8-19(7-6-17-9)12(20)18-10-2-4-11(5-3-10)21-13(14,15)16/h2-5,9,17H,6-8H2,1H3,(H,18,20)/t9-/m1/s1. The Hall–Kier alpha value is -1.96. The topological polar surface area (TPSA) is 53.6 Å². The lowest BCUT2D eigenvalue weighted by Gasteiger charge is -2.31. The third-order valence-electron chi connectivity index (χ3n) is 3.00. The number of ether oxygens (including phenoxy) is 1. The van der Waals surface area contributed by atoms with E-state index in [1.165, 1.54) is 12.1 Å². The first-order valence-corrected chi connectivity index (χ1v) is 6.48. The lowest BCUT2D eigenvalue weighted by Crippen LogP contribution is -2.52. The first kappa shape index (κ1) is 15.4. The molecule has 0 radical (unpaired) electrons. The fourth-order valence-electron chi connectivity index (χ4n) is 2.06. The van der Waals surface area contributed by atoms with Crippen molar-refractivity contribution >= 4 is 11.7 Å². The van der Waals surface area contributed by atoms with E-state index in [2.05, 4.69) is 15.4 Å². The van der Waals surface area contributed by atoms with E-state index in [0.717, 1.165) is 12.1 Å². The number of alkyl halides is 3. The van der Waals surface area contributed by atoms with Gasteiger partial charge in [-0.3, -0.25) is 0 Å². The molecule has 1 fully saturated rings. The average molecular weight is 303 g/mol. The van der Waals surface area contributed by atoms with Crippen LogP contribution in [0.4, 0.5) is 23.7 Å². The van der Waals surface area contributed by atoms with E-state index in [1.807, 2.05) is 6.92 Å². The van der Waals surface area contributed by atoms with E-state index in [-0.39, 0.29) is 17.8 Å². The number of carbonyl (C=O) groups excluding carboxylic acids is 1. The lowest BCUT2D eigenvalue weighted by atomic mass is 10.2. The van der Waals surface area contributed by atoms with E-state index in [1.54, 1.807) is 4.90 Å². The van der Waals surface area contributed by atoms with Gasteiger partial charge in [0.1, 0.15) is 5.75 Å². The van der Waals surface area contributed by atoms with Crippen molar-refractivity contribution in [2.45, 2.75) is 19.3 Å². The van der Waals surface area contributed by atoms with Gasteiger partial charge in [-0.25, -0.2) is 4.79 Å². The molecule has 1 aliphatic rings. The number of carbonyl (C=O) groups is 1. The minimum absolute atomic E-state index is 0.215. The number of nitrogens with zero attached hydrogens (tertiary/aromatic N) is 1. The zero-order valence-corrected chi connectivity index (χ0v) is 11.4. The minimum Gasteiger partial charge on any atom is -0.406 e. The molecule has 2 N–H and O–H groups in total. The summed E-state index contributed by atoms with van der Waals surface area (Å²) in [7, 11) is 0. The van der Waals surface area contributed by atoms with Gasteiger partial charge in [-0.1, -0.05) is 0 Å². The number of nitrogens with one attached hydrogen (secondary N) is 2. The highest BCUT2D eigenvalue weighted by molar-refractivity contribution is 5.89. The normalized spacial score (nSPS) is 19.2. The number of hydrogen-bond acceptors (Lipinski definition) is 3. The zero-order valence-electron chi connectivity index (χ0n) is 11.4. The van der Waals surface area contributed by atoms with Gasteiger partial charge in [0.05, 0.1) is 0 Å². The lowest BCUT2D eigenvalue weighted by molar-refractivity contribution is -0.274. The Bertz CT molecular complexity index is 490. The molecular formula is C13H16F3N3O2. The molecule has 2 rings (SSSR count). The van der Waals surface area contributed by atoms with Gasteiger partial charge in [-0.15, -0.1) is 13.2 Å². The predicted molar refractivity (Wildman–Crippen MR) is 71.2 cm³/mol. The van der Waals surface area contributed by atoms with Crippen LogP contribution in [0, 0.1) is 0 Å². The van der Waals surface area contributed by atoms with Crippen molar-refractivity contribution in [1.29, 1.82) is 0 Å². The number of piperazine rings is 1. The summed E-state index contributed by atoms with van der Waals surface area (Å²) in [5.74, 6) is -0.323. The average Bonchev–Trinajstić information content (AvgIpc) is 2.39. The number of hydrogen-bond donors (Lipinski definition) is 2. The molecule has 1 aromatic rings. The molecule has 1 aromatic carbocycles. The van der Waals surface area contributed by atoms with Crippen LogP contribution in [0.25, 0.3) is 0 Å². The van der Waals surface area contributed by atoms with E-state index >= 15 is 0 Å². The Morgan fingerprint density at radius 2 is 2.05 bits per heavy atom. The second kappa shape index (κ2) is 6.21. The molecule has 2 amide bonds. The molecule has 1 aliphatic heterocycles. The number of benzene rings is 1. The molecular weight excluding hydrogens is 287 g/mol. The maximum Gasteiger partial charge on any atom is 0.573 e. The van der Waals surface area contributed by atoms with Crippen LogP contribution in [-0.4, -0.2) is 43.0 Å². The summed E-state index contributed by atoms with van der Waals surface area (Å²) < 4.78 is 39.8. The van der Waals surface area contributed by atoms with Gasteiger partial charge in [-0.2, -0.15) is 0 Å². The van der Waals surface area contributed by atoms with Crippen LogP contribution in [-0.2, 0) is 0 Å². The third-order valence-corrected chi connectivity index (χ3v) is 3.00. The zero-order chi connectivity index (χ0) is 15.5. The summed E-state index contributed by atoms with van der Waals surface area (Å²) in [5, 5.41) is 5.86. The maximum atomic E-state index is 12.0. The number of amides is 2. The monoisotopic (exact) mass is 303 g/mol. The van der Waals surface area contributed by atoms with Gasteiger partial charge in [0.25, 0.3) is 0 Å². The summed E-state index contributed by atoms with van der Waals surface area (Å²) in [6.45, 7) is 3.86. The number of anilines is 1. The molecule has 1 atom stereocenters. The summed E-state index contributed by atoms with van der Waals surface area (Å²) in [6.07, 6.45) is -4.72. The summed E-state index contributed by atoms with van der Waals surface area (Å²) in [4.78, 5) is 13.7. The summed E-state index contributed by atoms with van der Waals surface area (Å²) in [5.41, 5.74) is 0.417. The Balaban J connectivity index is 1.92. The fraction of sp³-hybridized carbons (Fsp3) is 0.462.